The molecular formula is C20H22N2O3. The van der Waals surface area contributed by atoms with Crippen molar-refractivity contribution in [2.75, 3.05) is 11.9 Å². The highest BCUT2D eigenvalue weighted by Gasteiger charge is 2.35. The number of carboxylic acid groups (broad SMARTS) is 1. The van der Waals surface area contributed by atoms with Gasteiger partial charge in [-0.2, -0.15) is 0 Å². The molecule has 1 heterocycles. The number of nitrogens with one attached hydrogen (secondary N) is 1. The molecule has 2 atom stereocenters. The molecule has 2 unspecified atom stereocenters. The van der Waals surface area contributed by atoms with Crippen molar-refractivity contribution in [1.29, 1.82) is 0 Å². The number of carboxylic acids is 1. The lowest BCUT2D eigenvalue weighted by molar-refractivity contribution is -0.143. The van der Waals surface area contributed by atoms with Crippen molar-refractivity contribution in [2.45, 2.75) is 25.8 Å². The summed E-state index contributed by atoms with van der Waals surface area (Å²) in [4.78, 5) is 25.9. The number of anilines is 1. The lowest BCUT2D eigenvalue weighted by Crippen LogP contribution is -2.46. The molecule has 2 aromatic rings. The quantitative estimate of drug-likeness (QED) is 0.886. The van der Waals surface area contributed by atoms with E-state index in [1.807, 2.05) is 55.5 Å². The molecular weight excluding hydrogens is 316 g/mol. The Balaban J connectivity index is 1.85. The molecule has 0 bridgehead atoms. The second-order valence-electron chi connectivity index (χ2n) is 6.49. The summed E-state index contributed by atoms with van der Waals surface area (Å²) in [6, 6.07) is 16.9. The maximum atomic E-state index is 12.8. The molecule has 0 aromatic heterocycles. The molecule has 1 fully saturated rings. The largest absolute Gasteiger partial charge is 0.481 e. The Kier molecular flexibility index (Phi) is 5.03. The van der Waals surface area contributed by atoms with Crippen LogP contribution in [0.15, 0.2) is 54.6 Å². The normalized spacial score (nSPS) is 20.1. The van der Waals surface area contributed by atoms with Gasteiger partial charge in [0.15, 0.2) is 0 Å². The molecule has 130 valence electrons. The van der Waals surface area contributed by atoms with Gasteiger partial charge in [0.2, 0.25) is 0 Å². The number of piperidine rings is 1. The molecule has 0 spiro atoms. The first-order chi connectivity index (χ1) is 12.0. The Labute approximate surface area is 147 Å². The highest BCUT2D eigenvalue weighted by molar-refractivity contribution is 5.90. The van der Waals surface area contributed by atoms with Crippen molar-refractivity contribution in [3.8, 4) is 0 Å². The molecule has 1 aliphatic heterocycles. The summed E-state index contributed by atoms with van der Waals surface area (Å²) in [6.07, 6.45) is 1.21. The van der Waals surface area contributed by atoms with Crippen LogP contribution in [0.5, 0.6) is 0 Å². The molecule has 0 radical (unpaired) electrons. The first kappa shape index (κ1) is 17.0. The molecule has 1 saturated heterocycles. The minimum absolute atomic E-state index is 0.112. The van der Waals surface area contributed by atoms with Gasteiger partial charge in [0, 0.05) is 12.2 Å². The maximum absolute atomic E-state index is 12.8. The fraction of sp³-hybridized carbons (Fsp3) is 0.300. The third-order valence-corrected chi connectivity index (χ3v) is 4.64. The third-order valence-electron chi connectivity index (χ3n) is 4.64. The molecule has 0 saturated carbocycles. The Morgan fingerprint density at radius 1 is 1.08 bits per heavy atom. The van der Waals surface area contributed by atoms with Crippen LogP contribution in [0.4, 0.5) is 10.5 Å². The number of hydrogen-bond donors (Lipinski definition) is 2. The highest BCUT2D eigenvalue weighted by atomic mass is 16.4. The lowest BCUT2D eigenvalue weighted by Gasteiger charge is -2.38. The predicted octanol–water partition coefficient (Wildman–Crippen LogP) is 4.06. The molecule has 25 heavy (non-hydrogen) atoms. The van der Waals surface area contributed by atoms with Gasteiger partial charge in [0.25, 0.3) is 0 Å². The smallest absolute Gasteiger partial charge is 0.322 e. The number of aliphatic carboxylic acids is 1. The van der Waals surface area contributed by atoms with Crippen LogP contribution in [0.2, 0.25) is 0 Å². The van der Waals surface area contributed by atoms with E-state index >= 15 is 0 Å². The number of likely N-dealkylation sites (tertiary alicyclic amines) is 1. The maximum Gasteiger partial charge on any atom is 0.322 e. The van der Waals surface area contributed by atoms with Crippen LogP contribution in [-0.2, 0) is 4.79 Å². The number of carbonyl (C=O) groups is 2. The molecule has 5 nitrogen and oxygen atoms in total. The topological polar surface area (TPSA) is 69.6 Å². The molecule has 0 aliphatic carbocycles. The van der Waals surface area contributed by atoms with Crippen LogP contribution in [0, 0.1) is 12.8 Å². The van der Waals surface area contributed by atoms with E-state index in [0.29, 0.717) is 18.5 Å². The number of benzene rings is 2. The number of para-hydroxylation sites is 1. The molecule has 1 aliphatic rings. The van der Waals surface area contributed by atoms with Crippen LogP contribution in [0.25, 0.3) is 0 Å². The van der Waals surface area contributed by atoms with Crippen molar-refractivity contribution < 1.29 is 14.7 Å². The summed E-state index contributed by atoms with van der Waals surface area (Å²) >= 11 is 0. The van der Waals surface area contributed by atoms with Gasteiger partial charge < -0.3 is 15.3 Å². The first-order valence-electron chi connectivity index (χ1n) is 8.46. The first-order valence-corrected chi connectivity index (χ1v) is 8.46. The zero-order valence-electron chi connectivity index (χ0n) is 14.2. The summed E-state index contributed by atoms with van der Waals surface area (Å²) in [5.41, 5.74) is 2.88. The minimum atomic E-state index is -0.847. The van der Waals surface area contributed by atoms with Gasteiger partial charge >= 0.3 is 12.0 Å². The zero-order valence-corrected chi connectivity index (χ0v) is 14.2. The molecule has 2 aromatic carbocycles. The fourth-order valence-electron chi connectivity index (χ4n) is 3.34. The van der Waals surface area contributed by atoms with Gasteiger partial charge in [-0.3, -0.25) is 4.79 Å². The van der Waals surface area contributed by atoms with Crippen molar-refractivity contribution in [1.82, 2.24) is 4.90 Å². The van der Waals surface area contributed by atoms with Crippen LogP contribution >= 0.6 is 0 Å². The van der Waals surface area contributed by atoms with E-state index in [1.165, 1.54) is 0 Å². The van der Waals surface area contributed by atoms with Crippen LogP contribution in [0.3, 0.4) is 0 Å². The number of rotatable bonds is 3. The van der Waals surface area contributed by atoms with Gasteiger partial charge in [0.1, 0.15) is 0 Å². The third kappa shape index (κ3) is 3.99. The van der Waals surface area contributed by atoms with E-state index in [0.717, 1.165) is 11.1 Å². The van der Waals surface area contributed by atoms with Crippen molar-refractivity contribution >= 4 is 17.7 Å². The Bertz CT molecular complexity index is 761. The summed E-state index contributed by atoms with van der Waals surface area (Å²) in [7, 11) is 0. The molecule has 2 amide bonds. The number of nitrogens with zero attached hydrogens (tertiary/aromatic N) is 1. The number of hydrogen-bond acceptors (Lipinski definition) is 2. The average molecular weight is 338 g/mol. The monoisotopic (exact) mass is 338 g/mol. The van der Waals surface area contributed by atoms with Crippen LogP contribution in [0.1, 0.15) is 30.0 Å². The van der Waals surface area contributed by atoms with Gasteiger partial charge in [0.05, 0.1) is 12.0 Å². The van der Waals surface area contributed by atoms with Crippen molar-refractivity contribution in [3.63, 3.8) is 0 Å². The van der Waals surface area contributed by atoms with Gasteiger partial charge in [-0.25, -0.2) is 4.79 Å². The summed E-state index contributed by atoms with van der Waals surface area (Å²) in [6.45, 7) is 2.23. The number of urea groups is 1. The van der Waals surface area contributed by atoms with Crippen molar-refractivity contribution in [3.05, 3.63) is 65.7 Å². The van der Waals surface area contributed by atoms with Gasteiger partial charge in [-0.05, 0) is 37.5 Å². The number of aryl methyl sites for hydroxylation is 1. The molecule has 5 heteroatoms. The number of carbonyl (C=O) groups excluding carboxylic acids is 1. The summed E-state index contributed by atoms with van der Waals surface area (Å²) < 4.78 is 0. The summed E-state index contributed by atoms with van der Waals surface area (Å²) in [5, 5.41) is 12.2. The Hall–Kier alpha value is -2.82. The van der Waals surface area contributed by atoms with E-state index in [2.05, 4.69) is 11.4 Å². The number of amides is 2. The SMILES string of the molecule is Cc1cccc(C2CCC(C(=O)O)CN2C(=O)Nc2ccccc2)c1. The van der Waals surface area contributed by atoms with Gasteiger partial charge in [-0.15, -0.1) is 0 Å². The van der Waals surface area contributed by atoms with Crippen LogP contribution in [-0.4, -0.2) is 28.6 Å². The molecule has 2 N–H and O–H groups in total. The van der Waals surface area contributed by atoms with E-state index in [-0.39, 0.29) is 18.6 Å². The molecule has 3 rings (SSSR count). The van der Waals surface area contributed by atoms with Gasteiger partial charge in [-0.1, -0.05) is 48.0 Å². The Morgan fingerprint density at radius 3 is 2.52 bits per heavy atom. The highest BCUT2D eigenvalue weighted by Crippen LogP contribution is 2.34. The van der Waals surface area contributed by atoms with E-state index in [1.54, 1.807) is 4.90 Å². The predicted molar refractivity (Wildman–Crippen MR) is 96.4 cm³/mol. The second kappa shape index (κ2) is 7.38. The minimum Gasteiger partial charge on any atom is -0.481 e. The van der Waals surface area contributed by atoms with E-state index in [9.17, 15) is 14.7 Å². The fourth-order valence-corrected chi connectivity index (χ4v) is 3.34. The summed E-state index contributed by atoms with van der Waals surface area (Å²) in [5.74, 6) is -1.37. The van der Waals surface area contributed by atoms with Crippen LogP contribution < -0.4 is 5.32 Å². The average Bonchev–Trinajstić information content (AvgIpc) is 2.62. The zero-order chi connectivity index (χ0) is 17.8. The standard InChI is InChI=1S/C20H22N2O3/c1-14-6-5-7-15(12-14)18-11-10-16(19(23)24)13-22(18)20(25)21-17-8-3-2-4-9-17/h2-9,12,16,18H,10-11,13H2,1H3,(H,21,25)(H,23,24). The van der Waals surface area contributed by atoms with Crippen molar-refractivity contribution in [2.24, 2.45) is 5.92 Å². The second-order valence-corrected chi connectivity index (χ2v) is 6.49. The van der Waals surface area contributed by atoms with E-state index < -0.39 is 11.9 Å². The Morgan fingerprint density at radius 2 is 1.84 bits per heavy atom. The van der Waals surface area contributed by atoms with E-state index in [4.69, 9.17) is 0 Å². The lowest BCUT2D eigenvalue weighted by atomic mass is 9.89.